The van der Waals surface area contributed by atoms with E-state index in [4.69, 9.17) is 0 Å². The van der Waals surface area contributed by atoms with Gasteiger partial charge in [-0.25, -0.2) is 4.79 Å². The minimum atomic E-state index is -0.939. The number of fused-ring (bicyclic) bond motifs is 1. The highest BCUT2D eigenvalue weighted by atomic mass is 16.4. The molecule has 1 amide bonds. The number of aromatic carboxylic acids is 1. The van der Waals surface area contributed by atoms with E-state index in [1.165, 1.54) is 17.3 Å². The van der Waals surface area contributed by atoms with Crippen molar-refractivity contribution in [3.8, 4) is 0 Å². The molecule has 0 bridgehead atoms. The Bertz CT molecular complexity index is 881. The van der Waals surface area contributed by atoms with Gasteiger partial charge in [0.05, 0.1) is 17.9 Å². The normalized spacial score (nSPS) is 20.0. The molecule has 1 aromatic heterocycles. The molecule has 4 rings (SSSR count). The Morgan fingerprint density at radius 3 is 2.54 bits per heavy atom. The van der Waals surface area contributed by atoms with E-state index in [0.717, 1.165) is 32.1 Å². The number of carbonyl (C=O) groups excluding carboxylic acids is 1. The minimum absolute atomic E-state index is 0.165. The molecule has 1 unspecified atom stereocenters. The van der Waals surface area contributed by atoms with E-state index in [2.05, 4.69) is 29.4 Å². The maximum Gasteiger partial charge on any atom is 0.339 e. The summed E-state index contributed by atoms with van der Waals surface area (Å²) in [6, 6.07) is 8.73. The molecule has 0 saturated carbocycles. The Hall–Kier alpha value is -2.63. The van der Waals surface area contributed by atoms with Gasteiger partial charge in [-0.3, -0.25) is 9.48 Å². The number of benzene rings is 1. The highest BCUT2D eigenvalue weighted by Crippen LogP contribution is 2.29. The first kappa shape index (κ1) is 18.7. The molecule has 1 atom stereocenters. The zero-order chi connectivity index (χ0) is 19.7. The fraction of sp³-hybridized carbons (Fsp3) is 0.500. The van der Waals surface area contributed by atoms with Crippen LogP contribution in [0, 0.1) is 12.8 Å². The topological polar surface area (TPSA) is 75.4 Å². The second-order valence-electron chi connectivity index (χ2n) is 8.09. The Morgan fingerprint density at radius 1 is 1.14 bits per heavy atom. The van der Waals surface area contributed by atoms with Crippen molar-refractivity contribution < 1.29 is 14.7 Å². The van der Waals surface area contributed by atoms with Crippen molar-refractivity contribution in [2.45, 2.75) is 51.5 Å². The molecule has 1 fully saturated rings. The van der Waals surface area contributed by atoms with E-state index in [1.807, 2.05) is 9.58 Å². The summed E-state index contributed by atoms with van der Waals surface area (Å²) in [5.74, 6) is -0.247. The molecule has 148 valence electrons. The molecule has 0 radical (unpaired) electrons. The quantitative estimate of drug-likeness (QED) is 0.882. The van der Waals surface area contributed by atoms with Crippen LogP contribution >= 0.6 is 0 Å². The van der Waals surface area contributed by atoms with Gasteiger partial charge in [0.2, 0.25) is 5.91 Å². The average Bonchev–Trinajstić information content (AvgIpc) is 3.09. The molecule has 6 nitrogen and oxygen atoms in total. The first-order valence-corrected chi connectivity index (χ1v) is 10.1. The van der Waals surface area contributed by atoms with Crippen LogP contribution in [0.2, 0.25) is 0 Å². The van der Waals surface area contributed by atoms with Crippen LogP contribution in [0.3, 0.4) is 0 Å². The van der Waals surface area contributed by atoms with Gasteiger partial charge in [-0.2, -0.15) is 5.10 Å². The van der Waals surface area contributed by atoms with E-state index >= 15 is 0 Å². The lowest BCUT2D eigenvalue weighted by molar-refractivity contribution is -0.133. The molecular formula is C22H27N3O3. The maximum absolute atomic E-state index is 12.8. The molecule has 2 aromatic rings. The van der Waals surface area contributed by atoms with Crippen LogP contribution in [0.15, 0.2) is 30.5 Å². The van der Waals surface area contributed by atoms with Gasteiger partial charge in [0.25, 0.3) is 0 Å². The molecule has 1 aliphatic heterocycles. The van der Waals surface area contributed by atoms with Gasteiger partial charge in [0, 0.05) is 19.5 Å². The summed E-state index contributed by atoms with van der Waals surface area (Å²) in [7, 11) is 0. The van der Waals surface area contributed by atoms with Crippen molar-refractivity contribution in [1.82, 2.24) is 14.7 Å². The lowest BCUT2D eigenvalue weighted by Gasteiger charge is -2.34. The Labute approximate surface area is 165 Å². The van der Waals surface area contributed by atoms with Crippen molar-refractivity contribution in [1.29, 1.82) is 0 Å². The number of hydrogen-bond donors (Lipinski definition) is 1. The number of carboxylic acids is 1. The number of aryl methyl sites for hydroxylation is 1. The molecule has 28 heavy (non-hydrogen) atoms. The van der Waals surface area contributed by atoms with Crippen molar-refractivity contribution in [3.63, 3.8) is 0 Å². The third kappa shape index (κ3) is 3.68. The molecule has 2 heterocycles. The fourth-order valence-electron chi connectivity index (χ4n) is 4.68. The van der Waals surface area contributed by atoms with Gasteiger partial charge < -0.3 is 10.0 Å². The summed E-state index contributed by atoms with van der Waals surface area (Å²) in [5, 5.41) is 13.5. The van der Waals surface area contributed by atoms with E-state index in [-0.39, 0.29) is 17.5 Å². The summed E-state index contributed by atoms with van der Waals surface area (Å²) in [5.41, 5.74) is 3.78. The van der Waals surface area contributed by atoms with E-state index in [1.54, 1.807) is 6.92 Å². The number of hydrogen-bond acceptors (Lipinski definition) is 3. The SMILES string of the molecule is Cc1c(C(=O)O)cnn1C1CCN(C(=O)CC2CCc3ccccc3C2)CC1. The Morgan fingerprint density at radius 2 is 1.86 bits per heavy atom. The fourth-order valence-corrected chi connectivity index (χ4v) is 4.68. The van der Waals surface area contributed by atoms with Gasteiger partial charge in [-0.15, -0.1) is 0 Å². The van der Waals surface area contributed by atoms with Crippen LogP contribution in [0.25, 0.3) is 0 Å². The van der Waals surface area contributed by atoms with E-state index in [0.29, 0.717) is 31.1 Å². The third-order valence-electron chi connectivity index (χ3n) is 6.35. The van der Waals surface area contributed by atoms with E-state index < -0.39 is 5.97 Å². The summed E-state index contributed by atoms with van der Waals surface area (Å²) in [6.45, 7) is 3.23. The van der Waals surface area contributed by atoms with Crippen LogP contribution in [0.4, 0.5) is 0 Å². The number of nitrogens with zero attached hydrogens (tertiary/aromatic N) is 3. The number of likely N-dealkylation sites (tertiary alicyclic amines) is 1. The highest BCUT2D eigenvalue weighted by Gasteiger charge is 2.28. The summed E-state index contributed by atoms with van der Waals surface area (Å²) in [6.07, 6.45) is 6.86. The van der Waals surface area contributed by atoms with Gasteiger partial charge in [-0.05, 0) is 56.1 Å². The lowest BCUT2D eigenvalue weighted by atomic mass is 9.82. The molecule has 6 heteroatoms. The first-order valence-electron chi connectivity index (χ1n) is 10.1. The van der Waals surface area contributed by atoms with Gasteiger partial charge in [-0.1, -0.05) is 24.3 Å². The number of rotatable bonds is 4. The standard InChI is InChI=1S/C22H27N3O3/c1-15-20(22(27)28)14-23-25(15)19-8-10-24(11-9-19)21(26)13-16-6-7-17-4-2-3-5-18(17)12-16/h2-5,14,16,19H,6-13H2,1H3,(H,27,28). The monoisotopic (exact) mass is 381 g/mol. The highest BCUT2D eigenvalue weighted by molar-refractivity contribution is 5.88. The van der Waals surface area contributed by atoms with Crippen LogP contribution in [0.1, 0.15) is 58.9 Å². The lowest BCUT2D eigenvalue weighted by Crippen LogP contribution is -2.40. The molecule has 1 saturated heterocycles. The minimum Gasteiger partial charge on any atom is -0.478 e. The van der Waals surface area contributed by atoms with Crippen LogP contribution in [-0.4, -0.2) is 44.8 Å². The van der Waals surface area contributed by atoms with Crippen LogP contribution in [0.5, 0.6) is 0 Å². The molecule has 1 aliphatic carbocycles. The molecule has 1 N–H and O–H groups in total. The first-order chi connectivity index (χ1) is 13.5. The summed E-state index contributed by atoms with van der Waals surface area (Å²) in [4.78, 5) is 26.0. The maximum atomic E-state index is 12.8. The number of carboxylic acid groups (broad SMARTS) is 1. The van der Waals surface area contributed by atoms with Gasteiger partial charge >= 0.3 is 5.97 Å². The second-order valence-corrected chi connectivity index (χ2v) is 8.09. The number of amides is 1. The predicted molar refractivity (Wildman–Crippen MR) is 105 cm³/mol. The van der Waals surface area contributed by atoms with E-state index in [9.17, 15) is 14.7 Å². The van der Waals surface area contributed by atoms with Crippen molar-refractivity contribution in [2.24, 2.45) is 5.92 Å². The molecule has 0 spiro atoms. The summed E-state index contributed by atoms with van der Waals surface area (Å²) < 4.78 is 1.82. The summed E-state index contributed by atoms with van der Waals surface area (Å²) >= 11 is 0. The Kier molecular flexibility index (Phi) is 5.20. The third-order valence-corrected chi connectivity index (χ3v) is 6.35. The Balaban J connectivity index is 1.32. The molecular weight excluding hydrogens is 354 g/mol. The van der Waals surface area contributed by atoms with Crippen molar-refractivity contribution in [2.75, 3.05) is 13.1 Å². The molecule has 1 aromatic carbocycles. The zero-order valence-electron chi connectivity index (χ0n) is 16.3. The number of piperidine rings is 1. The van der Waals surface area contributed by atoms with Crippen LogP contribution in [-0.2, 0) is 17.6 Å². The van der Waals surface area contributed by atoms with Crippen molar-refractivity contribution in [3.05, 3.63) is 52.8 Å². The average molecular weight is 381 g/mol. The predicted octanol–water partition coefficient (Wildman–Crippen LogP) is 3.25. The van der Waals surface area contributed by atoms with Crippen molar-refractivity contribution >= 4 is 11.9 Å². The van der Waals surface area contributed by atoms with Gasteiger partial charge in [0.15, 0.2) is 0 Å². The second kappa shape index (κ2) is 7.78. The van der Waals surface area contributed by atoms with Gasteiger partial charge in [0.1, 0.15) is 5.56 Å². The number of carbonyl (C=O) groups is 2. The number of aromatic nitrogens is 2. The zero-order valence-corrected chi connectivity index (χ0v) is 16.3. The smallest absolute Gasteiger partial charge is 0.339 e. The van der Waals surface area contributed by atoms with Crippen LogP contribution < -0.4 is 0 Å². The molecule has 2 aliphatic rings. The largest absolute Gasteiger partial charge is 0.478 e.